The second-order valence-electron chi connectivity index (χ2n) is 3.79. The van der Waals surface area contributed by atoms with E-state index < -0.39 is 0 Å². The van der Waals surface area contributed by atoms with Gasteiger partial charge in [0, 0.05) is 15.8 Å². The Balaban J connectivity index is 1.79. The SMILES string of the molecule is O=C(NCC1CC1)Nc1ccc(I)cc1. The van der Waals surface area contributed by atoms with E-state index in [-0.39, 0.29) is 6.03 Å². The van der Waals surface area contributed by atoms with E-state index in [0.717, 1.165) is 15.8 Å². The molecule has 1 aliphatic carbocycles. The Morgan fingerprint density at radius 2 is 2.00 bits per heavy atom. The summed E-state index contributed by atoms with van der Waals surface area (Å²) in [4.78, 5) is 11.4. The third kappa shape index (κ3) is 3.70. The molecule has 4 heteroatoms. The van der Waals surface area contributed by atoms with Crippen molar-refractivity contribution in [1.82, 2.24) is 5.32 Å². The van der Waals surface area contributed by atoms with Gasteiger partial charge < -0.3 is 10.6 Å². The zero-order chi connectivity index (χ0) is 10.7. The maximum absolute atomic E-state index is 11.4. The van der Waals surface area contributed by atoms with E-state index in [1.807, 2.05) is 24.3 Å². The third-order valence-corrected chi connectivity index (χ3v) is 3.07. The van der Waals surface area contributed by atoms with Crippen LogP contribution in [0, 0.1) is 9.49 Å². The van der Waals surface area contributed by atoms with Crippen LogP contribution in [0.2, 0.25) is 0 Å². The summed E-state index contributed by atoms with van der Waals surface area (Å²) >= 11 is 2.24. The van der Waals surface area contributed by atoms with Gasteiger partial charge in [-0.05, 0) is 65.6 Å². The average Bonchev–Trinajstić information content (AvgIpc) is 3.02. The maximum Gasteiger partial charge on any atom is 0.319 e. The summed E-state index contributed by atoms with van der Waals surface area (Å²) in [6, 6.07) is 7.63. The van der Waals surface area contributed by atoms with Crippen LogP contribution in [-0.4, -0.2) is 12.6 Å². The molecule has 1 fully saturated rings. The van der Waals surface area contributed by atoms with Gasteiger partial charge in [-0.2, -0.15) is 0 Å². The summed E-state index contributed by atoms with van der Waals surface area (Å²) in [6.07, 6.45) is 2.51. The quantitative estimate of drug-likeness (QED) is 0.827. The Kier molecular flexibility index (Phi) is 3.45. The number of benzene rings is 1. The number of urea groups is 1. The van der Waals surface area contributed by atoms with Crippen molar-refractivity contribution >= 4 is 34.3 Å². The molecule has 80 valence electrons. The van der Waals surface area contributed by atoms with Gasteiger partial charge in [-0.3, -0.25) is 0 Å². The Hall–Kier alpha value is -0.780. The lowest BCUT2D eigenvalue weighted by Crippen LogP contribution is -2.30. The monoisotopic (exact) mass is 316 g/mol. The molecule has 0 spiro atoms. The van der Waals surface area contributed by atoms with Crippen LogP contribution in [0.15, 0.2) is 24.3 Å². The molecule has 0 heterocycles. The normalized spacial score (nSPS) is 14.7. The van der Waals surface area contributed by atoms with E-state index >= 15 is 0 Å². The Morgan fingerprint density at radius 3 is 2.60 bits per heavy atom. The number of hydrogen-bond acceptors (Lipinski definition) is 1. The van der Waals surface area contributed by atoms with E-state index in [4.69, 9.17) is 0 Å². The van der Waals surface area contributed by atoms with Gasteiger partial charge in [-0.1, -0.05) is 0 Å². The summed E-state index contributed by atoms with van der Waals surface area (Å²) in [5, 5.41) is 5.65. The molecule has 1 aromatic carbocycles. The second kappa shape index (κ2) is 4.83. The second-order valence-corrected chi connectivity index (χ2v) is 5.03. The smallest absolute Gasteiger partial charge is 0.319 e. The summed E-state index contributed by atoms with van der Waals surface area (Å²) in [7, 11) is 0. The van der Waals surface area contributed by atoms with Crippen LogP contribution in [0.3, 0.4) is 0 Å². The van der Waals surface area contributed by atoms with E-state index in [0.29, 0.717) is 5.92 Å². The summed E-state index contributed by atoms with van der Waals surface area (Å²) < 4.78 is 1.16. The standard InChI is InChI=1S/C11H13IN2O/c12-9-3-5-10(6-4-9)14-11(15)13-7-8-1-2-8/h3-6,8H,1-2,7H2,(H2,13,14,15). The van der Waals surface area contributed by atoms with Crippen LogP contribution in [0.4, 0.5) is 10.5 Å². The Bertz CT molecular complexity index is 346. The van der Waals surface area contributed by atoms with Gasteiger partial charge in [-0.25, -0.2) is 4.79 Å². The summed E-state index contributed by atoms with van der Waals surface area (Å²) in [6.45, 7) is 0.802. The number of amides is 2. The van der Waals surface area contributed by atoms with Crippen LogP contribution in [0.25, 0.3) is 0 Å². The lowest BCUT2D eigenvalue weighted by molar-refractivity contribution is 0.251. The van der Waals surface area contributed by atoms with Crippen molar-refractivity contribution in [1.29, 1.82) is 0 Å². The minimum atomic E-state index is -0.108. The first kappa shape index (κ1) is 10.7. The first-order valence-corrected chi connectivity index (χ1v) is 6.12. The molecule has 0 bridgehead atoms. The molecular formula is C11H13IN2O. The zero-order valence-electron chi connectivity index (χ0n) is 8.29. The van der Waals surface area contributed by atoms with E-state index in [1.165, 1.54) is 12.8 Å². The molecule has 2 amide bonds. The lowest BCUT2D eigenvalue weighted by atomic mass is 10.3. The van der Waals surface area contributed by atoms with E-state index in [2.05, 4.69) is 33.2 Å². The van der Waals surface area contributed by atoms with Crippen molar-refractivity contribution in [2.24, 2.45) is 5.92 Å². The highest BCUT2D eigenvalue weighted by molar-refractivity contribution is 14.1. The number of nitrogens with one attached hydrogen (secondary N) is 2. The molecule has 0 aromatic heterocycles. The third-order valence-electron chi connectivity index (χ3n) is 2.35. The fourth-order valence-electron chi connectivity index (χ4n) is 1.27. The van der Waals surface area contributed by atoms with Crippen molar-refractivity contribution in [3.8, 4) is 0 Å². The number of anilines is 1. The van der Waals surface area contributed by atoms with Gasteiger partial charge in [0.25, 0.3) is 0 Å². The Morgan fingerprint density at radius 1 is 1.33 bits per heavy atom. The molecule has 0 aliphatic heterocycles. The number of hydrogen-bond donors (Lipinski definition) is 2. The predicted octanol–water partition coefficient (Wildman–Crippen LogP) is 2.82. The highest BCUT2D eigenvalue weighted by atomic mass is 127. The summed E-state index contributed by atoms with van der Waals surface area (Å²) in [5.41, 5.74) is 0.837. The molecule has 0 saturated heterocycles. The fraction of sp³-hybridized carbons (Fsp3) is 0.364. The highest BCUT2D eigenvalue weighted by Gasteiger charge is 2.21. The number of rotatable bonds is 3. The lowest BCUT2D eigenvalue weighted by Gasteiger charge is -2.06. The molecule has 1 aliphatic rings. The topological polar surface area (TPSA) is 41.1 Å². The number of halogens is 1. The molecular weight excluding hydrogens is 303 g/mol. The number of carbonyl (C=O) groups excluding carboxylic acids is 1. The van der Waals surface area contributed by atoms with E-state index in [1.54, 1.807) is 0 Å². The average molecular weight is 316 g/mol. The van der Waals surface area contributed by atoms with Gasteiger partial charge in [0.2, 0.25) is 0 Å². The van der Waals surface area contributed by atoms with E-state index in [9.17, 15) is 4.79 Å². The fourth-order valence-corrected chi connectivity index (χ4v) is 1.63. The van der Waals surface area contributed by atoms with Crippen LogP contribution < -0.4 is 10.6 Å². The van der Waals surface area contributed by atoms with Gasteiger partial charge in [0.05, 0.1) is 0 Å². The van der Waals surface area contributed by atoms with Crippen molar-refractivity contribution in [3.63, 3.8) is 0 Å². The van der Waals surface area contributed by atoms with Crippen molar-refractivity contribution in [2.45, 2.75) is 12.8 Å². The van der Waals surface area contributed by atoms with Crippen LogP contribution >= 0.6 is 22.6 Å². The van der Waals surface area contributed by atoms with Gasteiger partial charge in [0.15, 0.2) is 0 Å². The first-order chi connectivity index (χ1) is 7.24. The maximum atomic E-state index is 11.4. The molecule has 3 nitrogen and oxygen atoms in total. The van der Waals surface area contributed by atoms with Crippen molar-refractivity contribution in [3.05, 3.63) is 27.8 Å². The highest BCUT2D eigenvalue weighted by Crippen LogP contribution is 2.27. The first-order valence-electron chi connectivity index (χ1n) is 5.04. The minimum Gasteiger partial charge on any atom is -0.338 e. The zero-order valence-corrected chi connectivity index (χ0v) is 10.5. The molecule has 2 N–H and O–H groups in total. The van der Waals surface area contributed by atoms with Crippen LogP contribution in [-0.2, 0) is 0 Å². The predicted molar refractivity (Wildman–Crippen MR) is 68.9 cm³/mol. The van der Waals surface area contributed by atoms with Crippen molar-refractivity contribution < 1.29 is 4.79 Å². The number of carbonyl (C=O) groups is 1. The molecule has 0 radical (unpaired) electrons. The molecule has 0 atom stereocenters. The molecule has 15 heavy (non-hydrogen) atoms. The largest absolute Gasteiger partial charge is 0.338 e. The van der Waals surface area contributed by atoms with Gasteiger partial charge in [0.1, 0.15) is 0 Å². The molecule has 1 aromatic rings. The van der Waals surface area contributed by atoms with Gasteiger partial charge in [-0.15, -0.1) is 0 Å². The minimum absolute atomic E-state index is 0.108. The van der Waals surface area contributed by atoms with Gasteiger partial charge >= 0.3 is 6.03 Å². The Labute approximate surface area is 103 Å². The molecule has 2 rings (SSSR count). The summed E-state index contributed by atoms with van der Waals surface area (Å²) in [5.74, 6) is 0.715. The molecule has 1 saturated carbocycles. The van der Waals surface area contributed by atoms with Crippen LogP contribution in [0.1, 0.15) is 12.8 Å². The van der Waals surface area contributed by atoms with Crippen molar-refractivity contribution in [2.75, 3.05) is 11.9 Å². The van der Waals surface area contributed by atoms with Crippen LogP contribution in [0.5, 0.6) is 0 Å². The molecule has 0 unspecified atom stereocenters.